The van der Waals surface area contributed by atoms with Gasteiger partial charge in [0.2, 0.25) is 0 Å². The molecule has 0 aliphatic carbocycles. The standard InChI is InChI=1S/C30H32N2O5/c1-19-18-24(37-5)14-15-25(19)28(33)26-27(21-8-10-22(11-9-21)31(2)3)32(30(35)29(26)34)17-16-20-6-12-23(36-4)13-7-20/h6-15,18,27,33H,16-17H2,1-5H3/b28-26-. The molecule has 3 aromatic carbocycles. The molecule has 1 heterocycles. The van der Waals surface area contributed by atoms with Gasteiger partial charge in [-0.1, -0.05) is 24.3 Å². The Morgan fingerprint density at radius 3 is 2.11 bits per heavy atom. The molecule has 4 rings (SSSR count). The number of ketones is 1. The summed E-state index contributed by atoms with van der Waals surface area (Å²) in [5.41, 5.74) is 4.07. The average Bonchev–Trinajstić information content (AvgIpc) is 3.16. The molecule has 3 aromatic rings. The van der Waals surface area contributed by atoms with Crippen LogP contribution < -0.4 is 14.4 Å². The van der Waals surface area contributed by atoms with Crippen molar-refractivity contribution in [3.63, 3.8) is 0 Å². The smallest absolute Gasteiger partial charge is 0.295 e. The van der Waals surface area contributed by atoms with Gasteiger partial charge >= 0.3 is 0 Å². The van der Waals surface area contributed by atoms with Gasteiger partial charge in [-0.05, 0) is 72.5 Å². The van der Waals surface area contributed by atoms with E-state index in [0.717, 1.165) is 28.1 Å². The van der Waals surface area contributed by atoms with Crippen molar-refractivity contribution in [2.24, 2.45) is 0 Å². The van der Waals surface area contributed by atoms with Crippen molar-refractivity contribution in [3.8, 4) is 11.5 Å². The highest BCUT2D eigenvalue weighted by molar-refractivity contribution is 6.46. The zero-order valence-electron chi connectivity index (χ0n) is 21.8. The number of aryl methyl sites for hydroxylation is 1. The number of aliphatic hydroxyl groups is 1. The van der Waals surface area contributed by atoms with Crippen LogP contribution in [0.1, 0.15) is 28.3 Å². The number of Topliss-reactive ketones (excluding diaryl/α,β-unsaturated/α-hetero) is 1. The zero-order valence-corrected chi connectivity index (χ0v) is 21.8. The number of carbonyl (C=O) groups is 2. The first-order valence-corrected chi connectivity index (χ1v) is 12.1. The van der Waals surface area contributed by atoms with Gasteiger partial charge in [-0.2, -0.15) is 0 Å². The van der Waals surface area contributed by atoms with Crippen LogP contribution in [0.2, 0.25) is 0 Å². The third-order valence-electron chi connectivity index (χ3n) is 6.75. The Labute approximate surface area is 217 Å². The number of ether oxygens (including phenoxy) is 2. The molecule has 1 atom stereocenters. The molecule has 1 N–H and O–H groups in total. The number of nitrogens with zero attached hydrogens (tertiary/aromatic N) is 2. The lowest BCUT2D eigenvalue weighted by Gasteiger charge is -2.26. The fraction of sp³-hybridized carbons (Fsp3) is 0.267. The third kappa shape index (κ3) is 5.16. The van der Waals surface area contributed by atoms with Crippen LogP contribution in [-0.2, 0) is 16.0 Å². The maximum atomic E-state index is 13.4. The SMILES string of the molecule is COc1ccc(CCN2C(=O)C(=O)/C(=C(\O)c3ccc(OC)cc3C)C2c2ccc(N(C)C)cc2)cc1. The van der Waals surface area contributed by atoms with Gasteiger partial charge in [0.1, 0.15) is 17.3 Å². The Balaban J connectivity index is 1.77. The molecule has 1 saturated heterocycles. The third-order valence-corrected chi connectivity index (χ3v) is 6.75. The highest BCUT2D eigenvalue weighted by Crippen LogP contribution is 2.40. The number of hydrogen-bond donors (Lipinski definition) is 1. The van der Waals surface area contributed by atoms with Gasteiger partial charge in [0, 0.05) is 31.9 Å². The number of hydrogen-bond acceptors (Lipinski definition) is 6. The van der Waals surface area contributed by atoms with Crippen molar-refractivity contribution >= 4 is 23.1 Å². The van der Waals surface area contributed by atoms with Crippen molar-refractivity contribution in [2.75, 3.05) is 39.8 Å². The summed E-state index contributed by atoms with van der Waals surface area (Å²) < 4.78 is 10.5. The molecule has 1 fully saturated rings. The van der Waals surface area contributed by atoms with E-state index in [4.69, 9.17) is 9.47 Å². The summed E-state index contributed by atoms with van der Waals surface area (Å²) in [6, 6.07) is 19.8. The Morgan fingerprint density at radius 1 is 0.919 bits per heavy atom. The van der Waals surface area contributed by atoms with Crippen LogP contribution in [-0.4, -0.2) is 56.6 Å². The summed E-state index contributed by atoms with van der Waals surface area (Å²) in [5.74, 6) is -0.107. The number of anilines is 1. The fourth-order valence-corrected chi connectivity index (χ4v) is 4.63. The lowest BCUT2D eigenvalue weighted by Crippen LogP contribution is -2.31. The molecule has 1 aliphatic heterocycles. The summed E-state index contributed by atoms with van der Waals surface area (Å²) in [5, 5.41) is 11.4. The number of rotatable bonds is 8. The molecule has 192 valence electrons. The van der Waals surface area contributed by atoms with Gasteiger partial charge in [0.05, 0.1) is 25.8 Å². The lowest BCUT2D eigenvalue weighted by atomic mass is 9.93. The first-order valence-electron chi connectivity index (χ1n) is 12.1. The second-order valence-corrected chi connectivity index (χ2v) is 9.26. The van der Waals surface area contributed by atoms with E-state index in [0.29, 0.717) is 24.3 Å². The minimum absolute atomic E-state index is 0.0885. The molecule has 0 spiro atoms. The molecule has 7 heteroatoms. The van der Waals surface area contributed by atoms with Crippen LogP contribution in [0.5, 0.6) is 11.5 Å². The van der Waals surface area contributed by atoms with Crippen molar-refractivity contribution in [3.05, 3.63) is 94.6 Å². The molecule has 0 radical (unpaired) electrons. The number of benzene rings is 3. The monoisotopic (exact) mass is 500 g/mol. The predicted octanol–water partition coefficient (Wildman–Crippen LogP) is 4.74. The van der Waals surface area contributed by atoms with Crippen molar-refractivity contribution in [2.45, 2.75) is 19.4 Å². The first kappa shape index (κ1) is 25.8. The number of likely N-dealkylation sites (tertiary alicyclic amines) is 1. The molecule has 0 saturated carbocycles. The number of amides is 1. The molecular formula is C30H32N2O5. The van der Waals surface area contributed by atoms with Gasteiger partial charge in [0.25, 0.3) is 11.7 Å². The van der Waals surface area contributed by atoms with Gasteiger partial charge in [0.15, 0.2) is 0 Å². The molecule has 0 bridgehead atoms. The zero-order chi connectivity index (χ0) is 26.7. The van der Waals surface area contributed by atoms with E-state index in [-0.39, 0.29) is 11.3 Å². The molecular weight excluding hydrogens is 468 g/mol. The van der Waals surface area contributed by atoms with Crippen LogP contribution >= 0.6 is 0 Å². The van der Waals surface area contributed by atoms with E-state index in [9.17, 15) is 14.7 Å². The highest BCUT2D eigenvalue weighted by Gasteiger charge is 2.46. The van der Waals surface area contributed by atoms with Crippen molar-refractivity contribution in [1.82, 2.24) is 4.90 Å². The summed E-state index contributed by atoms with van der Waals surface area (Å²) in [6.45, 7) is 2.15. The molecule has 1 amide bonds. The normalized spacial score (nSPS) is 16.7. The number of aliphatic hydroxyl groups excluding tert-OH is 1. The van der Waals surface area contributed by atoms with Crippen LogP contribution in [0.25, 0.3) is 5.76 Å². The largest absolute Gasteiger partial charge is 0.507 e. The molecule has 0 aromatic heterocycles. The number of methoxy groups -OCH3 is 2. The van der Waals surface area contributed by atoms with Gasteiger partial charge in [-0.15, -0.1) is 0 Å². The molecule has 7 nitrogen and oxygen atoms in total. The summed E-state index contributed by atoms with van der Waals surface area (Å²) in [4.78, 5) is 30.2. The minimum Gasteiger partial charge on any atom is -0.507 e. The maximum absolute atomic E-state index is 13.4. The molecule has 1 aliphatic rings. The van der Waals surface area contributed by atoms with Crippen molar-refractivity contribution in [1.29, 1.82) is 0 Å². The van der Waals surface area contributed by atoms with E-state index in [1.54, 1.807) is 37.3 Å². The average molecular weight is 501 g/mol. The second kappa shape index (κ2) is 10.8. The Bertz CT molecular complexity index is 1330. The number of carbonyl (C=O) groups excluding carboxylic acids is 2. The quantitative estimate of drug-likeness (QED) is 0.273. The van der Waals surface area contributed by atoms with Gasteiger partial charge in [-0.25, -0.2) is 0 Å². The van der Waals surface area contributed by atoms with Crippen molar-refractivity contribution < 1.29 is 24.2 Å². The van der Waals surface area contributed by atoms with E-state index < -0.39 is 17.7 Å². The van der Waals surface area contributed by atoms with Crippen LogP contribution in [0, 0.1) is 6.92 Å². The minimum atomic E-state index is -0.712. The van der Waals surface area contributed by atoms with E-state index in [1.807, 2.05) is 74.4 Å². The van der Waals surface area contributed by atoms with Gasteiger partial charge < -0.3 is 24.4 Å². The predicted molar refractivity (Wildman–Crippen MR) is 144 cm³/mol. The highest BCUT2D eigenvalue weighted by atomic mass is 16.5. The second-order valence-electron chi connectivity index (χ2n) is 9.26. The fourth-order valence-electron chi connectivity index (χ4n) is 4.63. The van der Waals surface area contributed by atoms with E-state index in [2.05, 4.69) is 0 Å². The van der Waals surface area contributed by atoms with Crippen LogP contribution in [0.15, 0.2) is 72.3 Å². The molecule has 37 heavy (non-hydrogen) atoms. The Morgan fingerprint density at radius 2 is 1.54 bits per heavy atom. The lowest BCUT2D eigenvalue weighted by molar-refractivity contribution is -0.139. The van der Waals surface area contributed by atoms with Crippen LogP contribution in [0.3, 0.4) is 0 Å². The van der Waals surface area contributed by atoms with Crippen LogP contribution in [0.4, 0.5) is 5.69 Å². The molecule has 1 unspecified atom stereocenters. The van der Waals surface area contributed by atoms with Gasteiger partial charge in [-0.3, -0.25) is 9.59 Å². The first-order chi connectivity index (χ1) is 17.7. The Hall–Kier alpha value is -4.26. The topological polar surface area (TPSA) is 79.3 Å². The summed E-state index contributed by atoms with van der Waals surface area (Å²) in [7, 11) is 7.07. The Kier molecular flexibility index (Phi) is 7.53. The van der Waals surface area contributed by atoms with E-state index in [1.165, 1.54) is 0 Å². The maximum Gasteiger partial charge on any atom is 0.295 e. The summed E-state index contributed by atoms with van der Waals surface area (Å²) >= 11 is 0. The summed E-state index contributed by atoms with van der Waals surface area (Å²) in [6.07, 6.45) is 0.547. The van der Waals surface area contributed by atoms with E-state index >= 15 is 0 Å².